The van der Waals surface area contributed by atoms with E-state index in [0.717, 1.165) is 32.4 Å². The lowest BCUT2D eigenvalue weighted by Crippen LogP contribution is -2.28. The highest BCUT2D eigenvalue weighted by atomic mass is 127. The number of ether oxygens (including phenoxy) is 1. The maximum Gasteiger partial charge on any atom is 0.149 e. The standard InChI is InChI=1S/C15H12BrClINO/c1-15(4-5-18)10-6-9(16)2-3-12(10)20-13-8-19-14(17)7-11(13)15/h2-3,6-8H,4-5H2,1H3/t15-/m1/s1. The highest BCUT2D eigenvalue weighted by Crippen LogP contribution is 2.50. The first-order valence-electron chi connectivity index (χ1n) is 6.24. The summed E-state index contributed by atoms with van der Waals surface area (Å²) in [5.74, 6) is 1.70. The number of halogens is 3. The second kappa shape index (κ2) is 5.46. The SMILES string of the molecule is C[C@@]1(CCI)c2cc(Br)ccc2Oc2cnc(Cl)cc21. The topological polar surface area (TPSA) is 22.1 Å². The Morgan fingerprint density at radius 3 is 2.80 bits per heavy atom. The number of aromatic nitrogens is 1. The Bertz CT molecular complexity index is 625. The van der Waals surface area contributed by atoms with Crippen molar-refractivity contribution < 1.29 is 4.74 Å². The first-order valence-corrected chi connectivity index (χ1v) is 8.94. The predicted octanol–water partition coefficient (Wildman–Crippen LogP) is 5.73. The molecule has 0 bridgehead atoms. The van der Waals surface area contributed by atoms with Crippen LogP contribution in [0.4, 0.5) is 0 Å². The average Bonchev–Trinajstić information content (AvgIpc) is 2.42. The zero-order valence-corrected chi connectivity index (χ0v) is 15.3. The smallest absolute Gasteiger partial charge is 0.149 e. The third-order valence-electron chi connectivity index (χ3n) is 3.78. The Labute approximate surface area is 145 Å². The van der Waals surface area contributed by atoms with Gasteiger partial charge >= 0.3 is 0 Å². The summed E-state index contributed by atoms with van der Waals surface area (Å²) < 4.78 is 8.10. The molecule has 0 amide bonds. The van der Waals surface area contributed by atoms with Crippen LogP contribution in [0.15, 0.2) is 34.9 Å². The van der Waals surface area contributed by atoms with E-state index in [1.54, 1.807) is 6.20 Å². The van der Waals surface area contributed by atoms with E-state index in [0.29, 0.717) is 5.15 Å². The summed E-state index contributed by atoms with van der Waals surface area (Å²) in [6.07, 6.45) is 2.74. The second-order valence-corrected chi connectivity index (χ2v) is 7.40. The minimum absolute atomic E-state index is 0.111. The Morgan fingerprint density at radius 1 is 1.30 bits per heavy atom. The van der Waals surface area contributed by atoms with E-state index in [2.05, 4.69) is 56.5 Å². The van der Waals surface area contributed by atoms with Crippen molar-refractivity contribution in [2.24, 2.45) is 0 Å². The maximum atomic E-state index is 6.08. The van der Waals surface area contributed by atoms with Crippen LogP contribution in [0.5, 0.6) is 11.5 Å². The van der Waals surface area contributed by atoms with Crippen molar-refractivity contribution in [1.82, 2.24) is 4.98 Å². The molecule has 0 fully saturated rings. The molecule has 0 unspecified atom stereocenters. The molecule has 0 spiro atoms. The van der Waals surface area contributed by atoms with E-state index < -0.39 is 0 Å². The molecular weight excluding hydrogens is 452 g/mol. The van der Waals surface area contributed by atoms with Crippen molar-refractivity contribution in [3.05, 3.63) is 51.2 Å². The summed E-state index contributed by atoms with van der Waals surface area (Å²) in [5, 5.41) is 0.505. The van der Waals surface area contributed by atoms with Gasteiger partial charge in [0, 0.05) is 25.4 Å². The predicted molar refractivity (Wildman–Crippen MR) is 93.4 cm³/mol. The zero-order valence-electron chi connectivity index (χ0n) is 10.8. The third-order valence-corrected chi connectivity index (χ3v) is 5.02. The van der Waals surface area contributed by atoms with E-state index in [4.69, 9.17) is 16.3 Å². The molecule has 0 saturated carbocycles. The van der Waals surface area contributed by atoms with Crippen molar-refractivity contribution in [2.75, 3.05) is 4.43 Å². The summed E-state index contributed by atoms with van der Waals surface area (Å²) in [7, 11) is 0. The van der Waals surface area contributed by atoms with Crippen molar-refractivity contribution in [3.8, 4) is 11.5 Å². The molecule has 1 aromatic carbocycles. The summed E-state index contributed by atoms with van der Waals surface area (Å²) in [4.78, 5) is 4.14. The Morgan fingerprint density at radius 2 is 2.05 bits per heavy atom. The van der Waals surface area contributed by atoms with Gasteiger partial charge in [0.25, 0.3) is 0 Å². The van der Waals surface area contributed by atoms with Gasteiger partial charge in [-0.1, -0.05) is 57.0 Å². The van der Waals surface area contributed by atoms with Gasteiger partial charge in [-0.15, -0.1) is 0 Å². The van der Waals surface area contributed by atoms with Gasteiger partial charge < -0.3 is 4.74 Å². The van der Waals surface area contributed by atoms with Gasteiger partial charge in [-0.05, 0) is 30.7 Å². The van der Waals surface area contributed by atoms with Crippen LogP contribution in [0.1, 0.15) is 24.5 Å². The number of hydrogen-bond donors (Lipinski definition) is 0. The van der Waals surface area contributed by atoms with Crippen LogP contribution in [-0.4, -0.2) is 9.41 Å². The molecular formula is C15H12BrClINO. The fourth-order valence-electron chi connectivity index (χ4n) is 2.67. The number of rotatable bonds is 2. The van der Waals surface area contributed by atoms with Gasteiger partial charge in [0.2, 0.25) is 0 Å². The average molecular weight is 465 g/mol. The molecule has 2 heterocycles. The van der Waals surface area contributed by atoms with Gasteiger partial charge in [0.05, 0.1) is 6.20 Å². The van der Waals surface area contributed by atoms with Crippen LogP contribution in [-0.2, 0) is 5.41 Å². The highest BCUT2D eigenvalue weighted by Gasteiger charge is 2.38. The quantitative estimate of drug-likeness (QED) is 0.322. The third kappa shape index (κ3) is 2.35. The summed E-state index contributed by atoms with van der Waals surface area (Å²) >= 11 is 12.1. The number of alkyl halides is 1. The van der Waals surface area contributed by atoms with Gasteiger partial charge in [-0.3, -0.25) is 0 Å². The largest absolute Gasteiger partial charge is 0.455 e. The van der Waals surface area contributed by atoms with Gasteiger partial charge in [0.15, 0.2) is 0 Å². The minimum Gasteiger partial charge on any atom is -0.455 e. The van der Waals surface area contributed by atoms with E-state index >= 15 is 0 Å². The zero-order chi connectivity index (χ0) is 14.3. The molecule has 3 rings (SSSR count). The lowest BCUT2D eigenvalue weighted by atomic mass is 9.72. The fourth-order valence-corrected chi connectivity index (χ4v) is 4.27. The molecule has 20 heavy (non-hydrogen) atoms. The molecule has 0 saturated heterocycles. The van der Waals surface area contributed by atoms with Crippen LogP contribution in [0, 0.1) is 0 Å². The molecule has 0 N–H and O–H groups in total. The summed E-state index contributed by atoms with van der Waals surface area (Å²) in [6.45, 7) is 2.24. The lowest BCUT2D eigenvalue weighted by Gasteiger charge is -2.37. The molecule has 1 aliphatic heterocycles. The molecule has 2 nitrogen and oxygen atoms in total. The Kier molecular flexibility index (Phi) is 3.99. The van der Waals surface area contributed by atoms with Crippen LogP contribution in [0.25, 0.3) is 0 Å². The minimum atomic E-state index is -0.111. The van der Waals surface area contributed by atoms with Crippen LogP contribution < -0.4 is 4.74 Å². The van der Waals surface area contributed by atoms with Crippen LogP contribution >= 0.6 is 50.1 Å². The molecule has 1 atom stereocenters. The number of fused-ring (bicyclic) bond motifs is 2. The Hall–Kier alpha value is -0.330. The molecule has 0 aliphatic carbocycles. The van der Waals surface area contributed by atoms with Crippen molar-refractivity contribution in [2.45, 2.75) is 18.8 Å². The van der Waals surface area contributed by atoms with Crippen molar-refractivity contribution >= 4 is 50.1 Å². The molecule has 1 aromatic heterocycles. The van der Waals surface area contributed by atoms with Gasteiger partial charge in [0.1, 0.15) is 16.7 Å². The number of pyridine rings is 1. The maximum absolute atomic E-state index is 6.08. The van der Waals surface area contributed by atoms with Crippen LogP contribution in [0.3, 0.4) is 0 Å². The molecule has 1 aliphatic rings. The number of nitrogens with zero attached hydrogens (tertiary/aromatic N) is 1. The van der Waals surface area contributed by atoms with Crippen molar-refractivity contribution in [1.29, 1.82) is 0 Å². The molecule has 2 aromatic rings. The van der Waals surface area contributed by atoms with E-state index in [1.165, 1.54) is 5.56 Å². The monoisotopic (exact) mass is 463 g/mol. The van der Waals surface area contributed by atoms with Gasteiger partial charge in [-0.2, -0.15) is 0 Å². The molecule has 0 radical (unpaired) electrons. The fraction of sp³-hybridized carbons (Fsp3) is 0.267. The molecule has 5 heteroatoms. The summed E-state index contributed by atoms with van der Waals surface area (Å²) in [5.41, 5.74) is 2.19. The van der Waals surface area contributed by atoms with Crippen molar-refractivity contribution in [3.63, 3.8) is 0 Å². The normalized spacial score (nSPS) is 20.0. The Balaban J connectivity index is 2.26. The van der Waals surface area contributed by atoms with E-state index in [9.17, 15) is 0 Å². The van der Waals surface area contributed by atoms with E-state index in [-0.39, 0.29) is 5.41 Å². The van der Waals surface area contributed by atoms with Crippen LogP contribution in [0.2, 0.25) is 5.15 Å². The summed E-state index contributed by atoms with van der Waals surface area (Å²) in [6, 6.07) is 8.06. The first-order chi connectivity index (χ1) is 9.54. The first kappa shape index (κ1) is 14.6. The van der Waals surface area contributed by atoms with E-state index in [1.807, 2.05) is 18.2 Å². The highest BCUT2D eigenvalue weighted by molar-refractivity contribution is 14.1. The second-order valence-electron chi connectivity index (χ2n) is 5.02. The number of benzene rings is 1. The van der Waals surface area contributed by atoms with Gasteiger partial charge in [-0.25, -0.2) is 4.98 Å². The number of hydrogen-bond acceptors (Lipinski definition) is 2. The lowest BCUT2D eigenvalue weighted by molar-refractivity contribution is 0.399. The molecule has 104 valence electrons.